The first kappa shape index (κ1) is 19.2. The lowest BCUT2D eigenvalue weighted by Crippen LogP contribution is -2.21. The lowest BCUT2D eigenvalue weighted by molar-refractivity contribution is -0.117. The summed E-state index contributed by atoms with van der Waals surface area (Å²) >= 11 is 3.29. The zero-order valence-electron chi connectivity index (χ0n) is 14.2. The van der Waals surface area contributed by atoms with E-state index in [0.717, 1.165) is 0 Å². The third-order valence-corrected chi connectivity index (χ3v) is 4.36. The van der Waals surface area contributed by atoms with Crippen LogP contribution in [0.5, 0.6) is 0 Å². The monoisotopic (exact) mass is 441 g/mol. The number of amides is 1. The standard InChI is InChI=1S/C17H15BrF3N5O/c1-10-6-14(16(20)21)23-26(10)9-15(27)22-17-12(18)8-25(24-17)7-11-4-2-3-5-13(11)19/h2-6,8,16H,7,9H2,1H3,(H,22,24,27). The van der Waals surface area contributed by atoms with Crippen LogP contribution < -0.4 is 5.32 Å². The van der Waals surface area contributed by atoms with Gasteiger partial charge in [-0.25, -0.2) is 13.2 Å². The molecule has 0 saturated carbocycles. The van der Waals surface area contributed by atoms with Gasteiger partial charge in [-0.05, 0) is 35.0 Å². The first-order valence-corrected chi connectivity index (χ1v) is 8.71. The minimum absolute atomic E-state index is 0.192. The molecule has 0 bridgehead atoms. The summed E-state index contributed by atoms with van der Waals surface area (Å²) < 4.78 is 42.3. The number of rotatable bonds is 6. The Bertz CT molecular complexity index is 969. The molecule has 1 N–H and O–H groups in total. The molecular formula is C17H15BrF3N5O. The van der Waals surface area contributed by atoms with E-state index in [9.17, 15) is 18.0 Å². The molecule has 1 amide bonds. The lowest BCUT2D eigenvalue weighted by Gasteiger charge is -2.05. The second-order valence-corrected chi connectivity index (χ2v) is 6.69. The van der Waals surface area contributed by atoms with Gasteiger partial charge < -0.3 is 5.32 Å². The van der Waals surface area contributed by atoms with Crippen LogP contribution in [0.25, 0.3) is 0 Å². The first-order chi connectivity index (χ1) is 12.8. The van der Waals surface area contributed by atoms with E-state index < -0.39 is 12.3 Å². The highest BCUT2D eigenvalue weighted by Crippen LogP contribution is 2.22. The third kappa shape index (κ3) is 4.57. The summed E-state index contributed by atoms with van der Waals surface area (Å²) in [6, 6.07) is 7.55. The molecule has 0 atom stereocenters. The minimum Gasteiger partial charge on any atom is -0.307 e. The van der Waals surface area contributed by atoms with Crippen molar-refractivity contribution in [1.29, 1.82) is 0 Å². The highest BCUT2D eigenvalue weighted by molar-refractivity contribution is 9.10. The maximum absolute atomic E-state index is 13.7. The van der Waals surface area contributed by atoms with Gasteiger partial charge in [0.1, 0.15) is 18.1 Å². The van der Waals surface area contributed by atoms with Crippen molar-refractivity contribution in [3.63, 3.8) is 0 Å². The molecule has 6 nitrogen and oxygen atoms in total. The Morgan fingerprint density at radius 2 is 2.04 bits per heavy atom. The molecule has 27 heavy (non-hydrogen) atoms. The van der Waals surface area contributed by atoms with Gasteiger partial charge in [0.25, 0.3) is 6.43 Å². The molecule has 0 spiro atoms. The number of carbonyl (C=O) groups is 1. The maximum Gasteiger partial charge on any atom is 0.282 e. The molecule has 0 unspecified atom stereocenters. The number of halogens is 4. The van der Waals surface area contributed by atoms with Gasteiger partial charge >= 0.3 is 0 Å². The molecule has 2 heterocycles. The molecule has 0 aliphatic heterocycles. The first-order valence-electron chi connectivity index (χ1n) is 7.92. The van der Waals surface area contributed by atoms with Gasteiger partial charge in [-0.2, -0.15) is 10.2 Å². The summed E-state index contributed by atoms with van der Waals surface area (Å²) in [5, 5.41) is 10.5. The summed E-state index contributed by atoms with van der Waals surface area (Å²) in [5.74, 6) is -0.576. The molecule has 3 aromatic rings. The molecular weight excluding hydrogens is 427 g/mol. The van der Waals surface area contributed by atoms with Crippen molar-refractivity contribution in [3.8, 4) is 0 Å². The second kappa shape index (κ2) is 7.95. The van der Waals surface area contributed by atoms with Crippen molar-refractivity contribution >= 4 is 27.7 Å². The predicted molar refractivity (Wildman–Crippen MR) is 96.0 cm³/mol. The molecule has 0 saturated heterocycles. The fourth-order valence-corrected chi connectivity index (χ4v) is 2.89. The summed E-state index contributed by atoms with van der Waals surface area (Å²) in [7, 11) is 0. The number of benzene rings is 1. The summed E-state index contributed by atoms with van der Waals surface area (Å²) in [4.78, 5) is 12.2. The van der Waals surface area contributed by atoms with E-state index in [1.165, 1.54) is 21.5 Å². The van der Waals surface area contributed by atoms with Crippen LogP contribution in [0.15, 0.2) is 41.0 Å². The van der Waals surface area contributed by atoms with Crippen molar-refractivity contribution in [2.24, 2.45) is 0 Å². The minimum atomic E-state index is -2.70. The van der Waals surface area contributed by atoms with Crippen LogP contribution >= 0.6 is 15.9 Å². The number of anilines is 1. The van der Waals surface area contributed by atoms with Crippen LogP contribution in [0.4, 0.5) is 19.0 Å². The average molecular weight is 442 g/mol. The molecule has 0 fully saturated rings. The topological polar surface area (TPSA) is 64.7 Å². The summed E-state index contributed by atoms with van der Waals surface area (Å²) in [6.45, 7) is 1.55. The Kier molecular flexibility index (Phi) is 5.64. The number of hydrogen-bond acceptors (Lipinski definition) is 3. The zero-order valence-corrected chi connectivity index (χ0v) is 15.8. The Balaban J connectivity index is 1.68. The van der Waals surface area contributed by atoms with E-state index in [1.54, 1.807) is 31.3 Å². The van der Waals surface area contributed by atoms with Gasteiger partial charge in [-0.3, -0.25) is 14.2 Å². The van der Waals surface area contributed by atoms with E-state index in [4.69, 9.17) is 0 Å². The number of nitrogens with one attached hydrogen (secondary N) is 1. The molecule has 0 aliphatic carbocycles. The van der Waals surface area contributed by atoms with Crippen molar-refractivity contribution in [2.75, 3.05) is 5.32 Å². The van der Waals surface area contributed by atoms with Gasteiger partial charge in [0, 0.05) is 17.5 Å². The van der Waals surface area contributed by atoms with Gasteiger partial charge in [-0.1, -0.05) is 18.2 Å². The third-order valence-electron chi connectivity index (χ3n) is 3.78. The number of aromatic nitrogens is 4. The van der Waals surface area contributed by atoms with E-state index in [2.05, 4.69) is 31.4 Å². The van der Waals surface area contributed by atoms with Gasteiger partial charge in [-0.15, -0.1) is 0 Å². The summed E-state index contributed by atoms with van der Waals surface area (Å²) in [5.41, 5.74) is 0.525. The quantitative estimate of drug-likeness (QED) is 0.630. The molecule has 10 heteroatoms. The normalized spacial score (nSPS) is 11.2. The highest BCUT2D eigenvalue weighted by atomic mass is 79.9. The summed E-state index contributed by atoms with van der Waals surface area (Å²) in [6.07, 6.45) is -1.09. The lowest BCUT2D eigenvalue weighted by atomic mass is 10.2. The van der Waals surface area contributed by atoms with Crippen molar-refractivity contribution in [2.45, 2.75) is 26.4 Å². The average Bonchev–Trinajstić information content (AvgIpc) is 3.13. The Morgan fingerprint density at radius 1 is 1.30 bits per heavy atom. The van der Waals surface area contributed by atoms with Crippen molar-refractivity contribution in [1.82, 2.24) is 19.6 Å². The van der Waals surface area contributed by atoms with Crippen molar-refractivity contribution in [3.05, 3.63) is 63.8 Å². The van der Waals surface area contributed by atoms with Gasteiger partial charge in [0.15, 0.2) is 5.82 Å². The smallest absolute Gasteiger partial charge is 0.282 e. The van der Waals surface area contributed by atoms with Gasteiger partial charge in [0.2, 0.25) is 5.91 Å². The highest BCUT2D eigenvalue weighted by Gasteiger charge is 2.16. The number of alkyl halides is 2. The number of hydrogen-bond donors (Lipinski definition) is 1. The molecule has 3 rings (SSSR count). The predicted octanol–water partition coefficient (Wildman–Crippen LogP) is 3.91. The fourth-order valence-electron chi connectivity index (χ4n) is 2.47. The molecule has 0 radical (unpaired) electrons. The Hall–Kier alpha value is -2.62. The second-order valence-electron chi connectivity index (χ2n) is 5.83. The van der Waals surface area contributed by atoms with Crippen LogP contribution in [0.1, 0.15) is 23.4 Å². The van der Waals surface area contributed by atoms with E-state index in [1.807, 2.05) is 0 Å². The number of aryl methyl sites for hydroxylation is 1. The van der Waals surface area contributed by atoms with E-state index in [-0.39, 0.29) is 30.4 Å². The maximum atomic E-state index is 13.7. The van der Waals surface area contributed by atoms with Crippen LogP contribution in [0, 0.1) is 12.7 Å². The zero-order chi connectivity index (χ0) is 19.6. The fraction of sp³-hybridized carbons (Fsp3) is 0.235. The van der Waals surface area contributed by atoms with Crippen molar-refractivity contribution < 1.29 is 18.0 Å². The van der Waals surface area contributed by atoms with Crippen LogP contribution in [-0.4, -0.2) is 25.5 Å². The molecule has 2 aromatic heterocycles. The Labute approximate surface area is 161 Å². The SMILES string of the molecule is Cc1cc(C(F)F)nn1CC(=O)Nc1nn(Cc2ccccc2F)cc1Br. The number of nitrogens with zero attached hydrogens (tertiary/aromatic N) is 4. The van der Waals surface area contributed by atoms with E-state index in [0.29, 0.717) is 15.7 Å². The largest absolute Gasteiger partial charge is 0.307 e. The number of carbonyl (C=O) groups excluding carboxylic acids is 1. The van der Waals surface area contributed by atoms with Crippen LogP contribution in [0.2, 0.25) is 0 Å². The Morgan fingerprint density at radius 3 is 2.70 bits per heavy atom. The molecule has 142 valence electrons. The van der Waals surface area contributed by atoms with Gasteiger partial charge in [0.05, 0.1) is 11.0 Å². The molecule has 1 aromatic carbocycles. The van der Waals surface area contributed by atoms with E-state index >= 15 is 0 Å². The van der Waals surface area contributed by atoms with Crippen LogP contribution in [0.3, 0.4) is 0 Å². The molecule has 0 aliphatic rings. The van der Waals surface area contributed by atoms with Crippen LogP contribution in [-0.2, 0) is 17.9 Å².